The van der Waals surface area contributed by atoms with E-state index in [-0.39, 0.29) is 17.0 Å². The third-order valence-electron chi connectivity index (χ3n) is 3.06. The van der Waals surface area contributed by atoms with Gasteiger partial charge in [0.15, 0.2) is 0 Å². The lowest BCUT2D eigenvalue weighted by Gasteiger charge is -2.00. The van der Waals surface area contributed by atoms with Crippen molar-refractivity contribution in [3.63, 3.8) is 0 Å². The van der Waals surface area contributed by atoms with E-state index < -0.39 is 5.97 Å². The fourth-order valence-electron chi connectivity index (χ4n) is 1.90. The lowest BCUT2D eigenvalue weighted by molar-refractivity contribution is -0.137. The summed E-state index contributed by atoms with van der Waals surface area (Å²) in [7, 11) is 0. The number of carboxylic acids is 1. The summed E-state index contributed by atoms with van der Waals surface area (Å²) in [6, 6.07) is 5.72. The molecule has 0 aliphatic rings. The van der Waals surface area contributed by atoms with E-state index in [9.17, 15) is 4.79 Å². The van der Waals surface area contributed by atoms with Crippen LogP contribution in [0.4, 0.5) is 0 Å². The summed E-state index contributed by atoms with van der Waals surface area (Å²) in [5.41, 5.74) is 0. The number of pyridine rings is 1. The molecule has 3 nitrogen and oxygen atoms in total. The molecule has 4 heteroatoms. The van der Waals surface area contributed by atoms with Crippen LogP contribution < -0.4 is 0 Å². The van der Waals surface area contributed by atoms with Crippen LogP contribution in [0.25, 0.3) is 0 Å². The van der Waals surface area contributed by atoms with E-state index in [2.05, 4.69) is 11.9 Å². The average molecular weight is 360 g/mol. The smallest absolute Gasteiger partial charge is 0.303 e. The van der Waals surface area contributed by atoms with Crippen molar-refractivity contribution in [2.45, 2.75) is 71.1 Å². The van der Waals surface area contributed by atoms with Crippen LogP contribution in [-0.4, -0.2) is 16.1 Å². The van der Waals surface area contributed by atoms with Gasteiger partial charge in [0.05, 0.1) is 0 Å². The van der Waals surface area contributed by atoms with Crippen LogP contribution >= 0.6 is 17.0 Å². The molecule has 0 bridgehead atoms. The van der Waals surface area contributed by atoms with Gasteiger partial charge in [0, 0.05) is 18.8 Å². The van der Waals surface area contributed by atoms with Gasteiger partial charge in [0.25, 0.3) is 0 Å². The summed E-state index contributed by atoms with van der Waals surface area (Å²) in [6.45, 7) is 2.23. The number of rotatable bonds is 10. The van der Waals surface area contributed by atoms with Gasteiger partial charge in [0.1, 0.15) is 0 Å². The van der Waals surface area contributed by atoms with E-state index in [1.165, 1.54) is 44.9 Å². The Morgan fingerprint density at radius 1 is 0.857 bits per heavy atom. The number of unbranched alkanes of at least 4 members (excludes halogenated alkanes) is 8. The number of carbonyl (C=O) groups is 1. The van der Waals surface area contributed by atoms with Crippen LogP contribution in [-0.2, 0) is 4.79 Å². The SMILES string of the molecule is Br.CCCCCCCCCCCC(=O)O.c1ccncc1. The number of halogens is 1. The summed E-state index contributed by atoms with van der Waals surface area (Å²) >= 11 is 0. The van der Waals surface area contributed by atoms with Crippen LogP contribution in [0.2, 0.25) is 0 Å². The zero-order valence-electron chi connectivity index (χ0n) is 13.2. The quantitative estimate of drug-likeness (QED) is 0.549. The second-order valence-electron chi connectivity index (χ2n) is 5.00. The van der Waals surface area contributed by atoms with E-state index in [4.69, 9.17) is 5.11 Å². The van der Waals surface area contributed by atoms with Crippen molar-refractivity contribution in [3.05, 3.63) is 30.6 Å². The van der Waals surface area contributed by atoms with E-state index in [1.54, 1.807) is 12.4 Å². The second kappa shape index (κ2) is 19.1. The third kappa shape index (κ3) is 21.5. The highest BCUT2D eigenvalue weighted by atomic mass is 79.9. The Kier molecular flexibility index (Phi) is 20.4. The third-order valence-corrected chi connectivity index (χ3v) is 3.06. The van der Waals surface area contributed by atoms with Crippen molar-refractivity contribution in [2.24, 2.45) is 0 Å². The van der Waals surface area contributed by atoms with Crippen molar-refractivity contribution in [2.75, 3.05) is 0 Å². The molecule has 0 saturated heterocycles. The molecule has 1 aromatic heterocycles. The maximum Gasteiger partial charge on any atom is 0.303 e. The Morgan fingerprint density at radius 2 is 1.33 bits per heavy atom. The molecule has 0 amide bonds. The molecule has 0 aromatic carbocycles. The molecule has 0 fully saturated rings. The summed E-state index contributed by atoms with van der Waals surface area (Å²) in [5.74, 6) is -0.659. The average Bonchev–Trinajstić information content (AvgIpc) is 2.48. The molecule has 0 unspecified atom stereocenters. The molecule has 1 heterocycles. The topological polar surface area (TPSA) is 50.2 Å². The molecule has 0 spiro atoms. The number of hydrogen-bond donors (Lipinski definition) is 1. The number of aromatic nitrogens is 1. The number of carboxylic acid groups (broad SMARTS) is 1. The Balaban J connectivity index is 0. The summed E-state index contributed by atoms with van der Waals surface area (Å²) in [4.78, 5) is 14.0. The van der Waals surface area contributed by atoms with Gasteiger partial charge in [-0.15, -0.1) is 17.0 Å². The Morgan fingerprint density at radius 3 is 1.67 bits per heavy atom. The lowest BCUT2D eigenvalue weighted by Crippen LogP contribution is -1.93. The minimum atomic E-state index is -0.659. The molecule has 122 valence electrons. The van der Waals surface area contributed by atoms with Gasteiger partial charge in [-0.25, -0.2) is 0 Å². The molecule has 1 N–H and O–H groups in total. The zero-order chi connectivity index (χ0) is 14.9. The predicted octanol–water partition coefficient (Wildman–Crippen LogP) is 5.65. The Bertz CT molecular complexity index is 280. The Hall–Kier alpha value is -0.900. The van der Waals surface area contributed by atoms with Gasteiger partial charge in [-0.05, 0) is 18.6 Å². The molecular weight excluding hydrogens is 330 g/mol. The van der Waals surface area contributed by atoms with E-state index in [0.29, 0.717) is 6.42 Å². The fourth-order valence-corrected chi connectivity index (χ4v) is 1.90. The van der Waals surface area contributed by atoms with Crippen molar-refractivity contribution >= 4 is 23.0 Å². The largest absolute Gasteiger partial charge is 0.481 e. The summed E-state index contributed by atoms with van der Waals surface area (Å²) in [5, 5.41) is 8.41. The van der Waals surface area contributed by atoms with E-state index in [1.807, 2.05) is 18.2 Å². The van der Waals surface area contributed by atoms with E-state index >= 15 is 0 Å². The van der Waals surface area contributed by atoms with Gasteiger partial charge in [0.2, 0.25) is 0 Å². The predicted molar refractivity (Wildman–Crippen MR) is 94.0 cm³/mol. The molecule has 0 aliphatic carbocycles. The maximum atomic E-state index is 10.2. The van der Waals surface area contributed by atoms with Crippen LogP contribution in [0.15, 0.2) is 30.6 Å². The number of nitrogens with zero attached hydrogens (tertiary/aromatic N) is 1. The first-order valence-corrected chi connectivity index (χ1v) is 7.84. The molecule has 0 aliphatic heterocycles. The van der Waals surface area contributed by atoms with Gasteiger partial charge >= 0.3 is 5.97 Å². The highest BCUT2D eigenvalue weighted by Crippen LogP contribution is 2.10. The molecule has 0 atom stereocenters. The highest BCUT2D eigenvalue weighted by molar-refractivity contribution is 8.93. The normalized spacial score (nSPS) is 9.19. The number of hydrogen-bond acceptors (Lipinski definition) is 2. The first kappa shape index (κ1) is 22.4. The van der Waals surface area contributed by atoms with Gasteiger partial charge in [-0.2, -0.15) is 0 Å². The van der Waals surface area contributed by atoms with Crippen LogP contribution in [0.3, 0.4) is 0 Å². The van der Waals surface area contributed by atoms with Gasteiger partial charge in [-0.1, -0.05) is 64.4 Å². The van der Waals surface area contributed by atoms with E-state index in [0.717, 1.165) is 12.8 Å². The first-order chi connectivity index (χ1) is 9.77. The second-order valence-corrected chi connectivity index (χ2v) is 5.00. The highest BCUT2D eigenvalue weighted by Gasteiger charge is 1.96. The van der Waals surface area contributed by atoms with Gasteiger partial charge in [-0.3, -0.25) is 9.78 Å². The first-order valence-electron chi connectivity index (χ1n) is 7.84. The number of aliphatic carboxylic acids is 1. The summed E-state index contributed by atoms with van der Waals surface area (Å²) in [6.07, 6.45) is 15.0. The van der Waals surface area contributed by atoms with Crippen molar-refractivity contribution in [1.82, 2.24) is 4.98 Å². The monoisotopic (exact) mass is 359 g/mol. The van der Waals surface area contributed by atoms with Crippen LogP contribution in [0, 0.1) is 0 Å². The molecule has 1 rings (SSSR count). The molecule has 21 heavy (non-hydrogen) atoms. The zero-order valence-corrected chi connectivity index (χ0v) is 14.9. The molecule has 0 radical (unpaired) electrons. The van der Waals surface area contributed by atoms with Crippen molar-refractivity contribution in [3.8, 4) is 0 Å². The minimum Gasteiger partial charge on any atom is -0.481 e. The summed E-state index contributed by atoms with van der Waals surface area (Å²) < 4.78 is 0. The van der Waals surface area contributed by atoms with Gasteiger partial charge < -0.3 is 5.11 Å². The minimum absolute atomic E-state index is 0. The van der Waals surface area contributed by atoms with Crippen molar-refractivity contribution < 1.29 is 9.90 Å². The maximum absolute atomic E-state index is 10.2. The van der Waals surface area contributed by atoms with Crippen molar-refractivity contribution in [1.29, 1.82) is 0 Å². The van der Waals surface area contributed by atoms with Crippen LogP contribution in [0.5, 0.6) is 0 Å². The lowest BCUT2D eigenvalue weighted by atomic mass is 10.1. The Labute approximate surface area is 140 Å². The standard InChI is InChI=1S/C12H24O2.C5H5N.BrH/c1-2-3-4-5-6-7-8-9-10-11-12(13)14;1-2-4-6-5-3-1;/h2-11H2,1H3,(H,13,14);1-5H;1H. The molecular formula is C17H30BrNO2. The van der Waals surface area contributed by atoms with Crippen LogP contribution in [0.1, 0.15) is 71.1 Å². The molecule has 1 aromatic rings. The molecule has 0 saturated carbocycles. The fraction of sp³-hybridized carbons (Fsp3) is 0.647.